The van der Waals surface area contributed by atoms with Crippen LogP contribution in [0.5, 0.6) is 0 Å². The number of hydrogen-bond acceptors (Lipinski definition) is 3. The molecule has 1 saturated carbocycles. The molecule has 1 aliphatic carbocycles. The van der Waals surface area contributed by atoms with Gasteiger partial charge < -0.3 is 0 Å². The Bertz CT molecular complexity index is 393. The fraction of sp³-hybridized carbons (Fsp3) is 0.400. The third-order valence-electron chi connectivity index (χ3n) is 2.35. The molecule has 0 atom stereocenters. The predicted molar refractivity (Wildman–Crippen MR) is 58.9 cm³/mol. The number of benzene rings is 1. The van der Waals surface area contributed by atoms with Crippen LogP contribution >= 0.6 is 10.8 Å². The molecular formula is C10H12O2S2. The van der Waals surface area contributed by atoms with Crippen LogP contribution in [-0.2, 0) is 8.87 Å². The summed E-state index contributed by atoms with van der Waals surface area (Å²) in [5, 5.41) is 0.320. The van der Waals surface area contributed by atoms with Gasteiger partial charge in [0, 0.05) is 5.25 Å². The van der Waals surface area contributed by atoms with E-state index in [1.54, 1.807) is 24.3 Å². The van der Waals surface area contributed by atoms with Crippen LogP contribution in [0.15, 0.2) is 35.2 Å². The summed E-state index contributed by atoms with van der Waals surface area (Å²) >= 11 is 0. The van der Waals surface area contributed by atoms with Gasteiger partial charge in [0.1, 0.15) is 0 Å². The van der Waals surface area contributed by atoms with E-state index in [-0.39, 0.29) is 0 Å². The molecule has 0 unspecified atom stereocenters. The summed E-state index contributed by atoms with van der Waals surface area (Å²) in [6.45, 7) is 0. The minimum atomic E-state index is -3.10. The molecule has 76 valence electrons. The molecule has 1 aromatic carbocycles. The molecule has 1 aromatic rings. The summed E-state index contributed by atoms with van der Waals surface area (Å²) in [5.41, 5.74) is 0. The Kier molecular flexibility index (Phi) is 2.83. The minimum Gasteiger partial charge on any atom is -0.212 e. The Labute approximate surface area is 88.0 Å². The fourth-order valence-electron chi connectivity index (χ4n) is 1.29. The average Bonchev–Trinajstić information content (AvgIpc) is 2.13. The molecular weight excluding hydrogens is 216 g/mol. The van der Waals surface area contributed by atoms with Gasteiger partial charge in [-0.25, -0.2) is 8.42 Å². The zero-order valence-electron chi connectivity index (χ0n) is 7.72. The van der Waals surface area contributed by atoms with Crippen molar-refractivity contribution in [3.8, 4) is 0 Å². The van der Waals surface area contributed by atoms with Crippen molar-refractivity contribution in [1.82, 2.24) is 0 Å². The summed E-state index contributed by atoms with van der Waals surface area (Å²) in [5.74, 6) is 0. The molecule has 0 radical (unpaired) electrons. The van der Waals surface area contributed by atoms with Gasteiger partial charge in [0.2, 0.25) is 8.87 Å². The summed E-state index contributed by atoms with van der Waals surface area (Å²) in [6.07, 6.45) is 3.25. The molecule has 0 amide bonds. The first-order chi connectivity index (χ1) is 6.68. The third-order valence-corrected chi connectivity index (χ3v) is 6.35. The highest BCUT2D eigenvalue weighted by atomic mass is 33.1. The molecule has 14 heavy (non-hydrogen) atoms. The van der Waals surface area contributed by atoms with Gasteiger partial charge in [-0.05, 0) is 35.8 Å². The molecule has 2 rings (SSSR count). The SMILES string of the molecule is O=S(=O)(SC1CCC1)c1ccccc1. The summed E-state index contributed by atoms with van der Waals surface area (Å²) in [4.78, 5) is 0.428. The molecule has 0 aliphatic heterocycles. The van der Waals surface area contributed by atoms with Crippen LogP contribution in [-0.4, -0.2) is 13.7 Å². The molecule has 0 saturated heterocycles. The van der Waals surface area contributed by atoms with Gasteiger partial charge in [-0.15, -0.1) is 0 Å². The van der Waals surface area contributed by atoms with E-state index in [0.717, 1.165) is 23.6 Å². The maximum absolute atomic E-state index is 11.8. The lowest BCUT2D eigenvalue weighted by atomic mass is 10.0. The van der Waals surface area contributed by atoms with Gasteiger partial charge in [-0.1, -0.05) is 24.6 Å². The molecule has 0 N–H and O–H groups in total. The van der Waals surface area contributed by atoms with E-state index in [4.69, 9.17) is 0 Å². The van der Waals surface area contributed by atoms with Gasteiger partial charge in [0.05, 0.1) is 4.90 Å². The van der Waals surface area contributed by atoms with E-state index >= 15 is 0 Å². The Morgan fingerprint density at radius 3 is 2.29 bits per heavy atom. The van der Waals surface area contributed by atoms with Crippen LogP contribution in [0.25, 0.3) is 0 Å². The molecule has 0 aromatic heterocycles. The third kappa shape index (κ3) is 2.12. The van der Waals surface area contributed by atoms with Gasteiger partial charge in [-0.3, -0.25) is 0 Å². The zero-order valence-corrected chi connectivity index (χ0v) is 9.35. The number of hydrogen-bond donors (Lipinski definition) is 0. The molecule has 4 heteroatoms. The van der Waals surface area contributed by atoms with Gasteiger partial charge in [-0.2, -0.15) is 0 Å². The van der Waals surface area contributed by atoms with Gasteiger partial charge in [0.25, 0.3) is 0 Å². The normalized spacial score (nSPS) is 17.7. The Balaban J connectivity index is 2.15. The van der Waals surface area contributed by atoms with Crippen molar-refractivity contribution in [3.05, 3.63) is 30.3 Å². The maximum Gasteiger partial charge on any atom is 0.230 e. The predicted octanol–water partition coefficient (Wildman–Crippen LogP) is 2.66. The van der Waals surface area contributed by atoms with Crippen molar-refractivity contribution < 1.29 is 8.42 Å². The first-order valence-electron chi connectivity index (χ1n) is 4.67. The molecule has 1 fully saturated rings. The van der Waals surface area contributed by atoms with E-state index in [2.05, 4.69) is 0 Å². The highest BCUT2D eigenvalue weighted by Gasteiger charge is 2.26. The van der Waals surface area contributed by atoms with E-state index in [0.29, 0.717) is 10.1 Å². The lowest BCUT2D eigenvalue weighted by Gasteiger charge is -2.23. The summed E-state index contributed by atoms with van der Waals surface area (Å²) in [6, 6.07) is 8.65. The standard InChI is InChI=1S/C10H12O2S2/c11-14(12,13-9-5-4-6-9)10-7-2-1-3-8-10/h1-3,7-9H,4-6H2. The monoisotopic (exact) mass is 228 g/mol. The number of rotatable bonds is 3. The minimum absolute atomic E-state index is 0.320. The van der Waals surface area contributed by atoms with Crippen molar-refractivity contribution in [2.24, 2.45) is 0 Å². The summed E-state index contributed by atoms with van der Waals surface area (Å²) in [7, 11) is -1.99. The van der Waals surface area contributed by atoms with E-state index in [1.165, 1.54) is 6.42 Å². The quantitative estimate of drug-likeness (QED) is 0.746. The molecule has 2 nitrogen and oxygen atoms in total. The highest BCUT2D eigenvalue weighted by Crippen LogP contribution is 2.37. The van der Waals surface area contributed by atoms with Crippen LogP contribution in [0, 0.1) is 0 Å². The van der Waals surface area contributed by atoms with E-state index in [9.17, 15) is 8.42 Å². The Hall–Kier alpha value is -0.480. The van der Waals surface area contributed by atoms with E-state index < -0.39 is 8.87 Å². The second-order valence-corrected chi connectivity index (χ2v) is 7.55. The van der Waals surface area contributed by atoms with Crippen LogP contribution in [0.2, 0.25) is 0 Å². The highest BCUT2D eigenvalue weighted by molar-refractivity contribution is 8.72. The lowest BCUT2D eigenvalue weighted by molar-refractivity contribution is 0.523. The van der Waals surface area contributed by atoms with Crippen LogP contribution in [0.4, 0.5) is 0 Å². The average molecular weight is 228 g/mol. The molecule has 1 aliphatic rings. The Morgan fingerprint density at radius 2 is 1.79 bits per heavy atom. The van der Waals surface area contributed by atoms with Crippen LogP contribution in [0.1, 0.15) is 19.3 Å². The molecule has 0 heterocycles. The van der Waals surface area contributed by atoms with Crippen molar-refractivity contribution >= 4 is 19.7 Å². The van der Waals surface area contributed by atoms with Crippen molar-refractivity contribution in [2.45, 2.75) is 29.4 Å². The maximum atomic E-state index is 11.8. The van der Waals surface area contributed by atoms with Crippen molar-refractivity contribution in [3.63, 3.8) is 0 Å². The smallest absolute Gasteiger partial charge is 0.212 e. The topological polar surface area (TPSA) is 34.1 Å². The molecule has 0 spiro atoms. The second kappa shape index (κ2) is 3.95. The zero-order chi connectivity index (χ0) is 10.0. The second-order valence-electron chi connectivity index (χ2n) is 3.42. The van der Waals surface area contributed by atoms with Crippen molar-refractivity contribution in [2.75, 3.05) is 0 Å². The van der Waals surface area contributed by atoms with Gasteiger partial charge in [0.15, 0.2) is 0 Å². The first kappa shape index (κ1) is 10.1. The van der Waals surface area contributed by atoms with Crippen LogP contribution in [0.3, 0.4) is 0 Å². The van der Waals surface area contributed by atoms with Crippen molar-refractivity contribution in [1.29, 1.82) is 0 Å². The van der Waals surface area contributed by atoms with Gasteiger partial charge >= 0.3 is 0 Å². The van der Waals surface area contributed by atoms with E-state index in [1.807, 2.05) is 6.07 Å². The first-order valence-corrected chi connectivity index (χ1v) is 7.55. The fourth-order valence-corrected chi connectivity index (χ4v) is 5.09. The summed E-state index contributed by atoms with van der Waals surface area (Å²) < 4.78 is 23.6. The molecule has 0 bridgehead atoms. The Morgan fingerprint density at radius 1 is 1.14 bits per heavy atom. The largest absolute Gasteiger partial charge is 0.230 e. The van der Waals surface area contributed by atoms with Crippen LogP contribution < -0.4 is 0 Å². The lowest BCUT2D eigenvalue weighted by Crippen LogP contribution is -2.16.